The molecule has 0 atom stereocenters. The van der Waals surface area contributed by atoms with Crippen LogP contribution in [0.5, 0.6) is 0 Å². The fourth-order valence-corrected chi connectivity index (χ4v) is 0.762. The van der Waals surface area contributed by atoms with Crippen LogP contribution >= 0.6 is 0 Å². The van der Waals surface area contributed by atoms with Gasteiger partial charge in [-0.2, -0.15) is 0 Å². The lowest BCUT2D eigenvalue weighted by Gasteiger charge is -2.22. The molecule has 0 aromatic heterocycles. The van der Waals surface area contributed by atoms with Gasteiger partial charge in [0, 0.05) is 12.1 Å². The molecule has 0 aliphatic carbocycles. The van der Waals surface area contributed by atoms with Crippen LogP contribution in [0.4, 0.5) is 0 Å². The molecule has 0 bridgehead atoms. The molecule has 0 heterocycles. The third kappa shape index (κ3) is 7.78. The molecular weight excluding hydrogens is 140 g/mol. The van der Waals surface area contributed by atoms with E-state index in [1.165, 1.54) is 0 Å². The van der Waals surface area contributed by atoms with Crippen molar-refractivity contribution in [3.05, 3.63) is 0 Å². The Balaban J connectivity index is 3.38. The molecule has 0 amide bonds. The molecule has 0 aromatic rings. The van der Waals surface area contributed by atoms with Crippen molar-refractivity contribution in [2.24, 2.45) is 5.73 Å². The van der Waals surface area contributed by atoms with Crippen LogP contribution in [0, 0.1) is 0 Å². The van der Waals surface area contributed by atoms with E-state index in [1.54, 1.807) is 0 Å². The summed E-state index contributed by atoms with van der Waals surface area (Å²) in [5.41, 5.74) is 5.70. The highest BCUT2D eigenvalue weighted by molar-refractivity contribution is 4.72. The zero-order valence-electron chi connectivity index (χ0n) is 7.80. The maximum absolute atomic E-state index is 8.59. The first-order valence-electron chi connectivity index (χ1n) is 4.04. The van der Waals surface area contributed by atoms with Gasteiger partial charge >= 0.3 is 0 Å². The normalized spacial score (nSPS) is 12.5. The van der Waals surface area contributed by atoms with Crippen molar-refractivity contribution in [1.82, 2.24) is 4.90 Å². The maximum atomic E-state index is 8.59. The van der Waals surface area contributed by atoms with Gasteiger partial charge in [-0.15, -0.1) is 0 Å². The zero-order valence-corrected chi connectivity index (χ0v) is 7.80. The number of nitrogens with two attached hydrogens (primary N) is 1. The smallest absolute Gasteiger partial charge is 0.0558 e. The Labute approximate surface area is 69.2 Å². The van der Waals surface area contributed by atoms with Gasteiger partial charge in [0.05, 0.1) is 6.61 Å². The maximum Gasteiger partial charge on any atom is 0.0558 e. The van der Waals surface area contributed by atoms with E-state index in [1.807, 2.05) is 20.9 Å². The van der Waals surface area contributed by atoms with Crippen LogP contribution < -0.4 is 5.73 Å². The predicted octanol–water partition coefficient (Wildman–Crippen LogP) is 0.0379. The molecule has 0 saturated heterocycles. The van der Waals surface area contributed by atoms with Gasteiger partial charge in [0.2, 0.25) is 0 Å². The van der Waals surface area contributed by atoms with Crippen molar-refractivity contribution < 1.29 is 5.11 Å². The van der Waals surface area contributed by atoms with Gasteiger partial charge in [0.25, 0.3) is 0 Å². The van der Waals surface area contributed by atoms with E-state index in [0.717, 1.165) is 19.5 Å². The summed E-state index contributed by atoms with van der Waals surface area (Å²) in [4.78, 5) is 2.08. The van der Waals surface area contributed by atoms with E-state index >= 15 is 0 Å². The minimum atomic E-state index is -0.0935. The Morgan fingerprint density at radius 2 is 1.91 bits per heavy atom. The number of rotatable bonds is 5. The van der Waals surface area contributed by atoms with E-state index in [-0.39, 0.29) is 12.1 Å². The molecule has 0 saturated carbocycles. The zero-order chi connectivity index (χ0) is 8.91. The number of aliphatic hydroxyl groups excluding tert-OH is 1. The number of aliphatic hydroxyl groups is 1. The van der Waals surface area contributed by atoms with E-state index in [2.05, 4.69) is 4.90 Å². The predicted molar refractivity (Wildman–Crippen MR) is 47.5 cm³/mol. The average Bonchev–Trinajstić information content (AvgIpc) is 1.83. The number of hydrogen-bond donors (Lipinski definition) is 2. The van der Waals surface area contributed by atoms with Gasteiger partial charge < -0.3 is 15.7 Å². The highest BCUT2D eigenvalue weighted by atomic mass is 16.3. The second kappa shape index (κ2) is 4.70. The highest BCUT2D eigenvalue weighted by Gasteiger charge is 2.10. The lowest BCUT2D eigenvalue weighted by molar-refractivity contribution is 0.212. The molecule has 0 aromatic carbocycles. The Morgan fingerprint density at radius 3 is 2.27 bits per heavy atom. The fourth-order valence-electron chi connectivity index (χ4n) is 0.762. The summed E-state index contributed by atoms with van der Waals surface area (Å²) in [5, 5.41) is 8.59. The van der Waals surface area contributed by atoms with Gasteiger partial charge in [-0.05, 0) is 33.9 Å². The molecule has 0 aliphatic heterocycles. The first kappa shape index (κ1) is 10.9. The molecule has 0 rings (SSSR count). The van der Waals surface area contributed by atoms with E-state index in [9.17, 15) is 0 Å². The summed E-state index contributed by atoms with van der Waals surface area (Å²) in [6.45, 7) is 5.93. The number of nitrogens with zero attached hydrogens (tertiary/aromatic N) is 1. The fraction of sp³-hybridized carbons (Fsp3) is 1.00. The van der Waals surface area contributed by atoms with Crippen LogP contribution in [0.15, 0.2) is 0 Å². The van der Waals surface area contributed by atoms with E-state index in [4.69, 9.17) is 10.8 Å². The molecule has 68 valence electrons. The minimum Gasteiger partial charge on any atom is -0.395 e. The topological polar surface area (TPSA) is 49.5 Å². The molecule has 3 nitrogen and oxygen atoms in total. The standard InChI is InChI=1S/C8H20N2O/c1-8(2,9)4-5-10(3)6-7-11/h11H,4-7,9H2,1-3H3. The molecule has 0 radical (unpaired) electrons. The van der Waals surface area contributed by atoms with Gasteiger partial charge in [-0.25, -0.2) is 0 Å². The molecule has 0 spiro atoms. The third-order valence-corrected chi connectivity index (χ3v) is 1.62. The number of likely N-dealkylation sites (N-methyl/N-ethyl adjacent to an activating group) is 1. The van der Waals surface area contributed by atoms with Crippen LogP contribution in [0.3, 0.4) is 0 Å². The molecule has 0 fully saturated rings. The van der Waals surface area contributed by atoms with Gasteiger partial charge in [0.15, 0.2) is 0 Å². The Morgan fingerprint density at radius 1 is 1.36 bits per heavy atom. The Hall–Kier alpha value is -0.120. The van der Waals surface area contributed by atoms with Crippen LogP contribution in [-0.4, -0.2) is 42.3 Å². The van der Waals surface area contributed by atoms with Crippen LogP contribution in [0.1, 0.15) is 20.3 Å². The van der Waals surface area contributed by atoms with Crippen molar-refractivity contribution in [2.75, 3.05) is 26.7 Å². The Bertz CT molecular complexity index is 98.8. The van der Waals surface area contributed by atoms with E-state index < -0.39 is 0 Å². The first-order valence-corrected chi connectivity index (χ1v) is 4.04. The lowest BCUT2D eigenvalue weighted by atomic mass is 10.0. The summed E-state index contributed by atoms with van der Waals surface area (Å²) in [5.74, 6) is 0. The number of hydrogen-bond acceptors (Lipinski definition) is 3. The quantitative estimate of drug-likeness (QED) is 0.597. The van der Waals surface area contributed by atoms with Crippen LogP contribution in [-0.2, 0) is 0 Å². The second-order valence-corrected chi connectivity index (χ2v) is 3.77. The van der Waals surface area contributed by atoms with Crippen molar-refractivity contribution in [1.29, 1.82) is 0 Å². The van der Waals surface area contributed by atoms with Gasteiger partial charge in [-0.3, -0.25) is 0 Å². The monoisotopic (exact) mass is 160 g/mol. The summed E-state index contributed by atoms with van der Waals surface area (Å²) in [6.07, 6.45) is 0.962. The minimum absolute atomic E-state index is 0.0935. The summed E-state index contributed by atoms with van der Waals surface area (Å²) < 4.78 is 0. The van der Waals surface area contributed by atoms with E-state index in [0.29, 0.717) is 0 Å². The largest absolute Gasteiger partial charge is 0.395 e. The highest BCUT2D eigenvalue weighted by Crippen LogP contribution is 2.03. The van der Waals surface area contributed by atoms with Gasteiger partial charge in [0.1, 0.15) is 0 Å². The van der Waals surface area contributed by atoms with Crippen LogP contribution in [0.2, 0.25) is 0 Å². The van der Waals surface area contributed by atoms with Gasteiger partial charge in [-0.1, -0.05) is 0 Å². The Kier molecular flexibility index (Phi) is 4.65. The molecule has 3 heteroatoms. The summed E-state index contributed by atoms with van der Waals surface area (Å²) >= 11 is 0. The molecule has 11 heavy (non-hydrogen) atoms. The summed E-state index contributed by atoms with van der Waals surface area (Å²) in [6, 6.07) is 0. The molecule has 0 aliphatic rings. The van der Waals surface area contributed by atoms with Crippen molar-refractivity contribution in [3.8, 4) is 0 Å². The van der Waals surface area contributed by atoms with Crippen molar-refractivity contribution in [2.45, 2.75) is 25.8 Å². The molecule has 0 unspecified atom stereocenters. The molecule has 3 N–H and O–H groups in total. The van der Waals surface area contributed by atoms with Crippen molar-refractivity contribution in [3.63, 3.8) is 0 Å². The second-order valence-electron chi connectivity index (χ2n) is 3.77. The first-order chi connectivity index (χ1) is 4.95. The molecular formula is C8H20N2O. The average molecular weight is 160 g/mol. The summed E-state index contributed by atoms with van der Waals surface area (Å²) in [7, 11) is 1.99. The lowest BCUT2D eigenvalue weighted by Crippen LogP contribution is -2.37. The SMILES string of the molecule is CN(CCO)CCC(C)(C)N. The van der Waals surface area contributed by atoms with Crippen molar-refractivity contribution >= 4 is 0 Å². The third-order valence-electron chi connectivity index (χ3n) is 1.62. The van der Waals surface area contributed by atoms with Crippen LogP contribution in [0.25, 0.3) is 0 Å².